The molecule has 1 saturated heterocycles. The van der Waals surface area contributed by atoms with Crippen molar-refractivity contribution in [3.05, 3.63) is 47.5 Å². The van der Waals surface area contributed by atoms with E-state index in [2.05, 4.69) is 31.2 Å². The summed E-state index contributed by atoms with van der Waals surface area (Å²) in [5.41, 5.74) is 3.69. The van der Waals surface area contributed by atoms with Gasteiger partial charge in [0.25, 0.3) is 0 Å². The van der Waals surface area contributed by atoms with E-state index in [-0.39, 0.29) is 12.7 Å². The summed E-state index contributed by atoms with van der Waals surface area (Å²) in [5.74, 6) is -0.396. The van der Waals surface area contributed by atoms with E-state index in [1.165, 1.54) is 75.8 Å². The lowest BCUT2D eigenvalue weighted by atomic mass is 9.51. The van der Waals surface area contributed by atoms with Crippen LogP contribution in [0.2, 0.25) is 0 Å². The zero-order chi connectivity index (χ0) is 21.7. The van der Waals surface area contributed by atoms with Crippen molar-refractivity contribution in [3.63, 3.8) is 0 Å². The van der Waals surface area contributed by atoms with Crippen LogP contribution in [0.5, 0.6) is 0 Å². The Kier molecular flexibility index (Phi) is 7.18. The van der Waals surface area contributed by atoms with Gasteiger partial charge in [-0.3, -0.25) is 0 Å². The van der Waals surface area contributed by atoms with E-state index in [4.69, 9.17) is 14.2 Å². The average Bonchev–Trinajstić information content (AvgIpc) is 2.81. The van der Waals surface area contributed by atoms with Crippen LogP contribution < -0.4 is 0 Å². The minimum Gasteiger partial charge on any atom is -0.430 e. The van der Waals surface area contributed by atoms with E-state index >= 15 is 0 Å². The lowest BCUT2D eigenvalue weighted by molar-refractivity contribution is -0.230. The largest absolute Gasteiger partial charge is 0.430 e. The monoisotopic (exact) mass is 426 g/mol. The smallest absolute Gasteiger partial charge is 0.332 e. The third-order valence-corrected chi connectivity index (χ3v) is 8.02. The number of hydrogen-bond donors (Lipinski definition) is 0. The second-order valence-corrected chi connectivity index (χ2v) is 9.88. The molecule has 31 heavy (non-hydrogen) atoms. The molecule has 5 rings (SSSR count). The molecule has 0 unspecified atom stereocenters. The number of esters is 1. The Bertz CT molecular complexity index is 733. The highest BCUT2D eigenvalue weighted by molar-refractivity contribution is 5.81. The van der Waals surface area contributed by atoms with Crippen molar-refractivity contribution in [2.75, 3.05) is 13.2 Å². The first kappa shape index (κ1) is 22.5. The van der Waals surface area contributed by atoms with Gasteiger partial charge in [0.15, 0.2) is 0 Å². The molecule has 0 N–H and O–H groups in total. The topological polar surface area (TPSA) is 44.8 Å². The Labute approximate surface area is 187 Å². The van der Waals surface area contributed by atoms with Gasteiger partial charge in [-0.05, 0) is 73.8 Å². The molecule has 0 radical (unpaired) electrons. The number of unbranched alkanes of at least 4 members (excludes halogenated alkanes) is 2. The summed E-state index contributed by atoms with van der Waals surface area (Å²) in [6.07, 6.45) is 16.2. The molecule has 4 heteroatoms. The molecule has 4 aliphatic rings. The Morgan fingerprint density at radius 2 is 1.74 bits per heavy atom. The van der Waals surface area contributed by atoms with Gasteiger partial charge in [0.1, 0.15) is 12.7 Å². The van der Waals surface area contributed by atoms with Crippen LogP contribution in [0.15, 0.2) is 36.4 Å². The summed E-state index contributed by atoms with van der Waals surface area (Å²) in [7, 11) is 0. The van der Waals surface area contributed by atoms with E-state index < -0.39 is 12.3 Å². The summed E-state index contributed by atoms with van der Waals surface area (Å²) < 4.78 is 16.9. The zero-order valence-electron chi connectivity index (χ0n) is 19.2. The van der Waals surface area contributed by atoms with Crippen molar-refractivity contribution < 1.29 is 19.0 Å². The number of hydrogen-bond acceptors (Lipinski definition) is 4. The van der Waals surface area contributed by atoms with Crippen LogP contribution >= 0.6 is 0 Å². The van der Waals surface area contributed by atoms with Gasteiger partial charge < -0.3 is 14.2 Å². The molecule has 170 valence electrons. The van der Waals surface area contributed by atoms with Crippen LogP contribution in [-0.2, 0) is 24.4 Å². The molecule has 0 aromatic heterocycles. The predicted molar refractivity (Wildman–Crippen MR) is 122 cm³/mol. The SMILES string of the molecule is CC=CC(=O)O[C@H]1CO[C@H](c2ccc(C34CCC(CCCCC)(CC3)CC4)cc2)CO1. The van der Waals surface area contributed by atoms with Crippen molar-refractivity contribution in [3.8, 4) is 0 Å². The lowest BCUT2D eigenvalue weighted by Crippen LogP contribution is -2.44. The standard InChI is InChI=1S/C27H38O4/c1-3-5-6-12-26-13-16-27(17-14-26,18-15-26)22-10-8-21(9-11-22)23-19-30-25(20-29-23)31-24(28)7-4-2/h4,7-11,23,25H,3,5-6,12-20H2,1-2H3/t23-,25-,26?,27?/m0/s1. The van der Waals surface area contributed by atoms with Crippen LogP contribution in [0.3, 0.4) is 0 Å². The second-order valence-electron chi connectivity index (χ2n) is 9.88. The molecule has 2 bridgehead atoms. The van der Waals surface area contributed by atoms with Gasteiger partial charge in [-0.15, -0.1) is 0 Å². The fraction of sp³-hybridized carbons (Fsp3) is 0.667. The van der Waals surface area contributed by atoms with Gasteiger partial charge in [-0.1, -0.05) is 56.5 Å². The maximum absolute atomic E-state index is 11.6. The third-order valence-electron chi connectivity index (χ3n) is 8.02. The van der Waals surface area contributed by atoms with Crippen LogP contribution in [0.1, 0.15) is 95.3 Å². The van der Waals surface area contributed by atoms with Gasteiger partial charge in [0.05, 0.1) is 6.61 Å². The molecule has 0 amide bonds. The number of rotatable bonds is 8. The number of fused-ring (bicyclic) bond motifs is 3. The lowest BCUT2D eigenvalue weighted by Gasteiger charge is -2.54. The van der Waals surface area contributed by atoms with E-state index in [0.29, 0.717) is 17.4 Å². The van der Waals surface area contributed by atoms with Crippen LogP contribution in [0.25, 0.3) is 0 Å². The quantitative estimate of drug-likeness (QED) is 0.274. The molecule has 4 nitrogen and oxygen atoms in total. The predicted octanol–water partition coefficient (Wildman–Crippen LogP) is 6.39. The average molecular weight is 427 g/mol. The number of carbonyl (C=O) groups excluding carboxylic acids is 1. The molecule has 4 fully saturated rings. The first-order valence-electron chi connectivity index (χ1n) is 12.3. The maximum atomic E-state index is 11.6. The molecular weight excluding hydrogens is 388 g/mol. The highest BCUT2D eigenvalue weighted by atomic mass is 16.7. The van der Waals surface area contributed by atoms with E-state index in [1.807, 2.05) is 0 Å². The Hall–Kier alpha value is -1.65. The highest BCUT2D eigenvalue weighted by Gasteiger charge is 2.48. The summed E-state index contributed by atoms with van der Waals surface area (Å²) in [5, 5.41) is 0. The van der Waals surface area contributed by atoms with E-state index in [1.54, 1.807) is 13.0 Å². The molecule has 3 aliphatic carbocycles. The fourth-order valence-electron chi connectivity index (χ4n) is 5.92. The van der Waals surface area contributed by atoms with Gasteiger partial charge in [0, 0.05) is 6.08 Å². The Balaban J connectivity index is 1.31. The fourth-order valence-corrected chi connectivity index (χ4v) is 5.92. The van der Waals surface area contributed by atoms with Crippen molar-refractivity contribution >= 4 is 5.97 Å². The molecule has 2 atom stereocenters. The van der Waals surface area contributed by atoms with E-state index in [9.17, 15) is 4.79 Å². The molecule has 0 spiro atoms. The maximum Gasteiger partial charge on any atom is 0.332 e. The van der Waals surface area contributed by atoms with E-state index in [0.717, 1.165) is 5.56 Å². The Morgan fingerprint density at radius 1 is 1.03 bits per heavy atom. The molecular formula is C27H38O4. The van der Waals surface area contributed by atoms with Gasteiger partial charge in [0.2, 0.25) is 6.29 Å². The third kappa shape index (κ3) is 5.06. The summed E-state index contributed by atoms with van der Waals surface area (Å²) in [6.45, 7) is 4.75. The van der Waals surface area contributed by atoms with Crippen LogP contribution in [-0.4, -0.2) is 25.5 Å². The first-order chi connectivity index (χ1) is 15.1. The van der Waals surface area contributed by atoms with Crippen molar-refractivity contribution in [1.29, 1.82) is 0 Å². The number of benzene rings is 1. The minimum absolute atomic E-state index is 0.104. The highest BCUT2D eigenvalue weighted by Crippen LogP contribution is 2.59. The van der Waals surface area contributed by atoms with Crippen molar-refractivity contribution in [1.82, 2.24) is 0 Å². The normalized spacial score (nSPS) is 33.0. The molecule has 1 aromatic rings. The minimum atomic E-state index is -0.625. The molecule has 3 saturated carbocycles. The van der Waals surface area contributed by atoms with Crippen molar-refractivity contribution in [2.45, 2.75) is 95.9 Å². The van der Waals surface area contributed by atoms with Crippen LogP contribution in [0.4, 0.5) is 0 Å². The summed E-state index contributed by atoms with van der Waals surface area (Å²) in [6, 6.07) is 9.07. The van der Waals surface area contributed by atoms with Gasteiger partial charge in [-0.2, -0.15) is 0 Å². The molecule has 1 aromatic carbocycles. The first-order valence-corrected chi connectivity index (χ1v) is 12.3. The number of allylic oxidation sites excluding steroid dienone is 1. The van der Waals surface area contributed by atoms with Crippen molar-refractivity contribution in [2.24, 2.45) is 5.41 Å². The Morgan fingerprint density at radius 3 is 2.32 bits per heavy atom. The van der Waals surface area contributed by atoms with Crippen LogP contribution in [0, 0.1) is 5.41 Å². The van der Waals surface area contributed by atoms with Gasteiger partial charge in [-0.25, -0.2) is 4.79 Å². The summed E-state index contributed by atoms with van der Waals surface area (Å²) in [4.78, 5) is 11.6. The molecule has 1 aliphatic heterocycles. The summed E-state index contributed by atoms with van der Waals surface area (Å²) >= 11 is 0. The zero-order valence-corrected chi connectivity index (χ0v) is 19.2. The number of ether oxygens (including phenoxy) is 3. The number of carbonyl (C=O) groups is 1. The second kappa shape index (κ2) is 9.87. The molecule has 1 heterocycles. The van der Waals surface area contributed by atoms with Gasteiger partial charge >= 0.3 is 5.97 Å².